The molecule has 3 heteroatoms. The summed E-state index contributed by atoms with van der Waals surface area (Å²) in [6, 6.07) is 9.28. The average Bonchev–Trinajstić information content (AvgIpc) is 2.60. The van der Waals surface area contributed by atoms with Gasteiger partial charge in [-0.05, 0) is 62.4 Å². The standard InChI is InChI=1S/C20H32N2O/c1-22-14-18(17-8-10-20(23-2)11-9-17)12-19(15-22)21-13-16-6-4-3-5-7-16/h8-11,16,18-19,21H,3-7,12-15H2,1-2H3. The summed E-state index contributed by atoms with van der Waals surface area (Å²) in [7, 11) is 3.99. The molecule has 2 atom stereocenters. The van der Waals surface area contributed by atoms with Crippen LogP contribution in [-0.2, 0) is 0 Å². The Balaban J connectivity index is 1.55. The molecule has 128 valence electrons. The van der Waals surface area contributed by atoms with Gasteiger partial charge < -0.3 is 15.0 Å². The Kier molecular flexibility index (Phi) is 5.96. The number of piperidine rings is 1. The van der Waals surface area contributed by atoms with E-state index in [1.165, 1.54) is 57.2 Å². The topological polar surface area (TPSA) is 24.5 Å². The predicted octanol–water partition coefficient (Wildman–Crippen LogP) is 3.65. The lowest BCUT2D eigenvalue weighted by atomic mass is 9.86. The summed E-state index contributed by atoms with van der Waals surface area (Å²) in [5, 5.41) is 3.88. The third-order valence-corrected chi connectivity index (χ3v) is 5.64. The second kappa shape index (κ2) is 8.16. The van der Waals surface area contributed by atoms with Gasteiger partial charge in [-0.3, -0.25) is 0 Å². The number of nitrogens with zero attached hydrogens (tertiary/aromatic N) is 1. The van der Waals surface area contributed by atoms with Crippen LogP contribution in [0.15, 0.2) is 24.3 Å². The van der Waals surface area contributed by atoms with Crippen molar-refractivity contribution in [1.82, 2.24) is 10.2 Å². The Morgan fingerprint density at radius 1 is 1.09 bits per heavy atom. The summed E-state index contributed by atoms with van der Waals surface area (Å²) in [5.41, 5.74) is 1.45. The highest BCUT2D eigenvalue weighted by Crippen LogP contribution is 2.28. The highest BCUT2D eigenvalue weighted by Gasteiger charge is 2.26. The van der Waals surface area contributed by atoms with Crippen molar-refractivity contribution in [3.05, 3.63) is 29.8 Å². The van der Waals surface area contributed by atoms with Crippen molar-refractivity contribution in [2.24, 2.45) is 5.92 Å². The van der Waals surface area contributed by atoms with Crippen LogP contribution in [0.25, 0.3) is 0 Å². The van der Waals surface area contributed by atoms with Gasteiger partial charge in [-0.2, -0.15) is 0 Å². The number of hydrogen-bond donors (Lipinski definition) is 1. The molecule has 0 spiro atoms. The second-order valence-corrected chi connectivity index (χ2v) is 7.54. The van der Waals surface area contributed by atoms with E-state index >= 15 is 0 Å². The van der Waals surface area contributed by atoms with Gasteiger partial charge in [0.1, 0.15) is 5.75 Å². The van der Waals surface area contributed by atoms with Gasteiger partial charge in [0.25, 0.3) is 0 Å². The normalized spacial score (nSPS) is 27.0. The predicted molar refractivity (Wildman–Crippen MR) is 96.2 cm³/mol. The van der Waals surface area contributed by atoms with Gasteiger partial charge in [-0.1, -0.05) is 31.4 Å². The van der Waals surface area contributed by atoms with E-state index in [0.29, 0.717) is 12.0 Å². The van der Waals surface area contributed by atoms with E-state index in [2.05, 4.69) is 41.5 Å². The van der Waals surface area contributed by atoms with Crippen LogP contribution in [0.4, 0.5) is 0 Å². The van der Waals surface area contributed by atoms with E-state index in [1.807, 2.05) is 0 Å². The van der Waals surface area contributed by atoms with E-state index < -0.39 is 0 Å². The minimum Gasteiger partial charge on any atom is -0.497 e. The molecule has 1 saturated heterocycles. The largest absolute Gasteiger partial charge is 0.497 e. The number of nitrogens with one attached hydrogen (secondary N) is 1. The van der Waals surface area contributed by atoms with Crippen LogP contribution >= 0.6 is 0 Å². The molecule has 0 aromatic heterocycles. The number of rotatable bonds is 5. The molecule has 1 saturated carbocycles. The third kappa shape index (κ3) is 4.71. The van der Waals surface area contributed by atoms with Gasteiger partial charge in [-0.15, -0.1) is 0 Å². The van der Waals surface area contributed by atoms with Gasteiger partial charge >= 0.3 is 0 Å². The molecule has 3 rings (SSSR count). The highest BCUT2D eigenvalue weighted by molar-refractivity contribution is 5.30. The molecule has 1 N–H and O–H groups in total. The van der Waals surface area contributed by atoms with Gasteiger partial charge in [0.2, 0.25) is 0 Å². The quantitative estimate of drug-likeness (QED) is 0.897. The molecule has 1 aliphatic carbocycles. The Morgan fingerprint density at radius 3 is 2.52 bits per heavy atom. The Morgan fingerprint density at radius 2 is 1.83 bits per heavy atom. The molecular formula is C20H32N2O. The van der Waals surface area contributed by atoms with Crippen molar-refractivity contribution < 1.29 is 4.74 Å². The first-order chi connectivity index (χ1) is 11.2. The van der Waals surface area contributed by atoms with Crippen LogP contribution in [0.5, 0.6) is 5.75 Å². The van der Waals surface area contributed by atoms with E-state index in [9.17, 15) is 0 Å². The number of likely N-dealkylation sites (N-methyl/N-ethyl adjacent to an activating group) is 1. The van der Waals surface area contributed by atoms with Crippen molar-refractivity contribution >= 4 is 0 Å². The van der Waals surface area contributed by atoms with Crippen molar-refractivity contribution in [2.45, 2.75) is 50.5 Å². The molecule has 1 heterocycles. The maximum Gasteiger partial charge on any atom is 0.118 e. The van der Waals surface area contributed by atoms with Crippen LogP contribution in [0.1, 0.15) is 50.0 Å². The summed E-state index contributed by atoms with van der Waals surface area (Å²) < 4.78 is 5.28. The van der Waals surface area contributed by atoms with E-state index in [1.54, 1.807) is 7.11 Å². The number of hydrogen-bond acceptors (Lipinski definition) is 3. The maximum absolute atomic E-state index is 5.28. The number of methoxy groups -OCH3 is 1. The van der Waals surface area contributed by atoms with Crippen molar-refractivity contribution in [2.75, 3.05) is 33.8 Å². The number of benzene rings is 1. The van der Waals surface area contributed by atoms with Gasteiger partial charge in [-0.25, -0.2) is 0 Å². The summed E-state index contributed by atoms with van der Waals surface area (Å²) in [6.45, 7) is 3.56. The Bertz CT molecular complexity index is 467. The summed E-state index contributed by atoms with van der Waals surface area (Å²) in [5.74, 6) is 2.49. The first-order valence-corrected chi connectivity index (χ1v) is 9.30. The molecule has 2 unspecified atom stereocenters. The molecule has 2 fully saturated rings. The maximum atomic E-state index is 5.28. The van der Waals surface area contributed by atoms with Crippen LogP contribution < -0.4 is 10.1 Å². The molecule has 1 aliphatic heterocycles. The summed E-state index contributed by atoms with van der Waals surface area (Å²) in [4.78, 5) is 2.48. The molecule has 1 aromatic rings. The number of likely N-dealkylation sites (tertiary alicyclic amines) is 1. The molecule has 1 aromatic carbocycles. The molecular weight excluding hydrogens is 284 g/mol. The fraction of sp³-hybridized carbons (Fsp3) is 0.700. The van der Waals surface area contributed by atoms with Crippen LogP contribution in [0, 0.1) is 5.92 Å². The Hall–Kier alpha value is -1.06. The lowest BCUT2D eigenvalue weighted by Crippen LogP contribution is -2.48. The zero-order valence-corrected chi connectivity index (χ0v) is 14.8. The Labute approximate surface area is 141 Å². The van der Waals surface area contributed by atoms with Gasteiger partial charge in [0.05, 0.1) is 7.11 Å². The van der Waals surface area contributed by atoms with Gasteiger partial charge in [0.15, 0.2) is 0 Å². The first kappa shape index (κ1) is 16.8. The smallest absolute Gasteiger partial charge is 0.118 e. The van der Waals surface area contributed by atoms with Crippen molar-refractivity contribution in [3.63, 3.8) is 0 Å². The van der Waals surface area contributed by atoms with Crippen LogP contribution in [0.3, 0.4) is 0 Å². The SMILES string of the molecule is COc1ccc(C2CC(NCC3CCCCC3)CN(C)C2)cc1. The average molecular weight is 316 g/mol. The van der Waals surface area contributed by atoms with Crippen molar-refractivity contribution in [3.8, 4) is 5.75 Å². The monoisotopic (exact) mass is 316 g/mol. The van der Waals surface area contributed by atoms with Crippen molar-refractivity contribution in [1.29, 1.82) is 0 Å². The van der Waals surface area contributed by atoms with Crippen LogP contribution in [0.2, 0.25) is 0 Å². The zero-order chi connectivity index (χ0) is 16.1. The van der Waals surface area contributed by atoms with E-state index in [-0.39, 0.29) is 0 Å². The third-order valence-electron chi connectivity index (χ3n) is 5.64. The zero-order valence-electron chi connectivity index (χ0n) is 14.8. The fourth-order valence-corrected chi connectivity index (χ4v) is 4.31. The minimum absolute atomic E-state index is 0.628. The molecule has 3 nitrogen and oxygen atoms in total. The molecule has 0 radical (unpaired) electrons. The fourth-order valence-electron chi connectivity index (χ4n) is 4.31. The summed E-state index contributed by atoms with van der Waals surface area (Å²) >= 11 is 0. The lowest BCUT2D eigenvalue weighted by Gasteiger charge is -2.37. The highest BCUT2D eigenvalue weighted by atomic mass is 16.5. The molecule has 0 amide bonds. The minimum atomic E-state index is 0.628. The van der Waals surface area contributed by atoms with Gasteiger partial charge in [0, 0.05) is 19.1 Å². The van der Waals surface area contributed by atoms with E-state index in [0.717, 1.165) is 18.2 Å². The molecule has 0 bridgehead atoms. The summed E-state index contributed by atoms with van der Waals surface area (Å²) in [6.07, 6.45) is 8.43. The second-order valence-electron chi connectivity index (χ2n) is 7.54. The molecule has 23 heavy (non-hydrogen) atoms. The first-order valence-electron chi connectivity index (χ1n) is 9.30. The van der Waals surface area contributed by atoms with Crippen LogP contribution in [-0.4, -0.2) is 44.7 Å². The lowest BCUT2D eigenvalue weighted by molar-refractivity contribution is 0.195. The van der Waals surface area contributed by atoms with E-state index in [4.69, 9.17) is 4.74 Å². The number of ether oxygens (including phenoxy) is 1. The molecule has 2 aliphatic rings.